The van der Waals surface area contributed by atoms with Crippen LogP contribution in [0.2, 0.25) is 0 Å². The van der Waals surface area contributed by atoms with Crippen molar-refractivity contribution in [3.05, 3.63) is 89.6 Å². The third-order valence-electron chi connectivity index (χ3n) is 4.35. The second kappa shape index (κ2) is 9.08. The standard InChI is InChI=1S/C22H23FN4O/c1-16(2)27(15-18-6-4-3-5-7-18)21-14-24-20(13-25-21)22(28)26-12-17-8-10-19(23)11-9-17/h3-11,13-14,16H,12,15H2,1-2H3,(H,26,28). The number of nitrogens with zero attached hydrogens (tertiary/aromatic N) is 3. The average Bonchev–Trinajstić information content (AvgIpc) is 2.72. The van der Waals surface area contributed by atoms with Crippen molar-refractivity contribution >= 4 is 11.7 Å². The SMILES string of the molecule is CC(C)N(Cc1ccccc1)c1cnc(C(=O)NCc2ccc(F)cc2)cn1. The van der Waals surface area contributed by atoms with Crippen LogP contribution in [-0.4, -0.2) is 21.9 Å². The summed E-state index contributed by atoms with van der Waals surface area (Å²) in [6.07, 6.45) is 3.10. The van der Waals surface area contributed by atoms with Gasteiger partial charge in [0.05, 0.1) is 12.4 Å². The van der Waals surface area contributed by atoms with Gasteiger partial charge >= 0.3 is 0 Å². The zero-order chi connectivity index (χ0) is 19.9. The first kappa shape index (κ1) is 19.5. The van der Waals surface area contributed by atoms with Crippen molar-refractivity contribution in [1.82, 2.24) is 15.3 Å². The van der Waals surface area contributed by atoms with Gasteiger partial charge in [-0.05, 0) is 37.1 Å². The zero-order valence-corrected chi connectivity index (χ0v) is 16.0. The molecule has 0 fully saturated rings. The Morgan fingerprint density at radius 2 is 1.71 bits per heavy atom. The van der Waals surface area contributed by atoms with Crippen LogP contribution in [0.15, 0.2) is 67.0 Å². The van der Waals surface area contributed by atoms with E-state index in [2.05, 4.69) is 46.2 Å². The van der Waals surface area contributed by atoms with E-state index in [0.717, 1.165) is 5.56 Å². The van der Waals surface area contributed by atoms with Gasteiger partial charge in [0.1, 0.15) is 17.3 Å². The number of rotatable bonds is 7. The van der Waals surface area contributed by atoms with E-state index in [1.165, 1.54) is 23.9 Å². The van der Waals surface area contributed by atoms with E-state index in [4.69, 9.17) is 0 Å². The number of nitrogens with one attached hydrogen (secondary N) is 1. The summed E-state index contributed by atoms with van der Waals surface area (Å²) in [5.41, 5.74) is 2.24. The summed E-state index contributed by atoms with van der Waals surface area (Å²) >= 11 is 0. The van der Waals surface area contributed by atoms with Gasteiger partial charge in [-0.1, -0.05) is 42.5 Å². The van der Waals surface area contributed by atoms with E-state index in [1.807, 2.05) is 18.2 Å². The number of amides is 1. The van der Waals surface area contributed by atoms with Crippen molar-refractivity contribution in [3.63, 3.8) is 0 Å². The molecule has 5 nitrogen and oxygen atoms in total. The summed E-state index contributed by atoms with van der Waals surface area (Å²) in [6.45, 7) is 5.19. The fourth-order valence-electron chi connectivity index (χ4n) is 2.77. The smallest absolute Gasteiger partial charge is 0.271 e. The van der Waals surface area contributed by atoms with Gasteiger partial charge in [0, 0.05) is 19.1 Å². The number of carbonyl (C=O) groups is 1. The number of halogens is 1. The fraction of sp³-hybridized carbons (Fsp3) is 0.227. The minimum absolute atomic E-state index is 0.229. The molecule has 0 bridgehead atoms. The van der Waals surface area contributed by atoms with Crippen molar-refractivity contribution in [2.75, 3.05) is 4.90 Å². The average molecular weight is 378 g/mol. The van der Waals surface area contributed by atoms with E-state index < -0.39 is 0 Å². The van der Waals surface area contributed by atoms with Crippen LogP contribution in [0.5, 0.6) is 0 Å². The number of anilines is 1. The molecule has 144 valence electrons. The van der Waals surface area contributed by atoms with Gasteiger partial charge in [0.15, 0.2) is 0 Å². The van der Waals surface area contributed by atoms with Gasteiger partial charge in [-0.25, -0.2) is 14.4 Å². The second-order valence-electron chi connectivity index (χ2n) is 6.78. The number of carbonyl (C=O) groups excluding carboxylic acids is 1. The second-order valence-corrected chi connectivity index (χ2v) is 6.78. The summed E-state index contributed by atoms with van der Waals surface area (Å²) in [7, 11) is 0. The fourth-order valence-corrected chi connectivity index (χ4v) is 2.77. The molecule has 0 aliphatic carbocycles. The maximum absolute atomic E-state index is 12.9. The van der Waals surface area contributed by atoms with Crippen molar-refractivity contribution in [1.29, 1.82) is 0 Å². The highest BCUT2D eigenvalue weighted by atomic mass is 19.1. The van der Waals surface area contributed by atoms with Crippen LogP contribution in [0.3, 0.4) is 0 Å². The number of hydrogen-bond acceptors (Lipinski definition) is 4. The molecule has 0 spiro atoms. The van der Waals surface area contributed by atoms with Gasteiger partial charge in [0.25, 0.3) is 5.91 Å². The molecular weight excluding hydrogens is 355 g/mol. The lowest BCUT2D eigenvalue weighted by Crippen LogP contribution is -2.31. The van der Waals surface area contributed by atoms with Gasteiger partial charge in [-0.2, -0.15) is 0 Å². The monoisotopic (exact) mass is 378 g/mol. The van der Waals surface area contributed by atoms with Crippen LogP contribution >= 0.6 is 0 Å². The quantitative estimate of drug-likeness (QED) is 0.676. The number of benzene rings is 2. The van der Waals surface area contributed by atoms with Crippen LogP contribution in [0.4, 0.5) is 10.2 Å². The van der Waals surface area contributed by atoms with Crippen molar-refractivity contribution in [2.45, 2.75) is 33.0 Å². The van der Waals surface area contributed by atoms with E-state index >= 15 is 0 Å². The molecule has 1 heterocycles. The third kappa shape index (κ3) is 5.13. The zero-order valence-electron chi connectivity index (χ0n) is 16.0. The van der Waals surface area contributed by atoms with Crippen LogP contribution in [-0.2, 0) is 13.1 Å². The summed E-state index contributed by atoms with van der Waals surface area (Å²) in [4.78, 5) is 23.1. The Bertz CT molecular complexity index is 896. The van der Waals surface area contributed by atoms with Crippen LogP contribution < -0.4 is 10.2 Å². The molecule has 1 N–H and O–H groups in total. The normalized spacial score (nSPS) is 10.7. The Balaban J connectivity index is 1.65. The van der Waals surface area contributed by atoms with Gasteiger partial charge in [-0.3, -0.25) is 4.79 Å². The van der Waals surface area contributed by atoms with E-state index in [0.29, 0.717) is 18.9 Å². The van der Waals surface area contributed by atoms with Gasteiger partial charge in [0.2, 0.25) is 0 Å². The molecule has 0 radical (unpaired) electrons. The van der Waals surface area contributed by atoms with E-state index in [1.54, 1.807) is 18.3 Å². The minimum atomic E-state index is -0.317. The highest BCUT2D eigenvalue weighted by Crippen LogP contribution is 2.17. The first-order valence-electron chi connectivity index (χ1n) is 9.18. The molecule has 0 saturated heterocycles. The molecule has 6 heteroatoms. The minimum Gasteiger partial charge on any atom is -0.349 e. The molecule has 1 aromatic heterocycles. The first-order chi connectivity index (χ1) is 13.5. The van der Waals surface area contributed by atoms with E-state index in [-0.39, 0.29) is 23.5 Å². The molecule has 0 aliphatic heterocycles. The molecule has 0 aliphatic rings. The van der Waals surface area contributed by atoms with Gasteiger partial charge in [-0.15, -0.1) is 0 Å². The number of aromatic nitrogens is 2. The largest absolute Gasteiger partial charge is 0.349 e. The Kier molecular flexibility index (Phi) is 6.32. The third-order valence-corrected chi connectivity index (χ3v) is 4.35. The van der Waals surface area contributed by atoms with E-state index in [9.17, 15) is 9.18 Å². The Hall–Kier alpha value is -3.28. The van der Waals surface area contributed by atoms with Crippen LogP contribution in [0, 0.1) is 5.82 Å². The topological polar surface area (TPSA) is 58.1 Å². The molecule has 0 unspecified atom stereocenters. The summed E-state index contributed by atoms with van der Waals surface area (Å²) in [5.74, 6) is 0.0956. The van der Waals surface area contributed by atoms with Crippen LogP contribution in [0.1, 0.15) is 35.5 Å². The molecule has 0 saturated carbocycles. The molecular formula is C22H23FN4O. The Morgan fingerprint density at radius 1 is 1.00 bits per heavy atom. The molecule has 3 aromatic rings. The lowest BCUT2D eigenvalue weighted by molar-refractivity contribution is 0.0945. The lowest BCUT2D eigenvalue weighted by Gasteiger charge is -2.27. The van der Waals surface area contributed by atoms with Crippen molar-refractivity contribution < 1.29 is 9.18 Å². The summed E-state index contributed by atoms with van der Waals surface area (Å²) in [5, 5.41) is 2.77. The van der Waals surface area contributed by atoms with Crippen LogP contribution in [0.25, 0.3) is 0 Å². The Labute approximate surface area is 164 Å². The van der Waals surface area contributed by atoms with Gasteiger partial charge < -0.3 is 10.2 Å². The molecule has 2 aromatic carbocycles. The molecule has 28 heavy (non-hydrogen) atoms. The summed E-state index contributed by atoms with van der Waals surface area (Å²) < 4.78 is 12.9. The van der Waals surface area contributed by atoms with Crippen molar-refractivity contribution in [2.24, 2.45) is 0 Å². The lowest BCUT2D eigenvalue weighted by atomic mass is 10.2. The predicted octanol–water partition coefficient (Wildman–Crippen LogP) is 3.96. The molecule has 0 atom stereocenters. The first-order valence-corrected chi connectivity index (χ1v) is 9.18. The molecule has 3 rings (SSSR count). The highest BCUT2D eigenvalue weighted by Gasteiger charge is 2.15. The summed E-state index contributed by atoms with van der Waals surface area (Å²) in [6, 6.07) is 16.4. The maximum atomic E-state index is 12.9. The Morgan fingerprint density at radius 3 is 2.32 bits per heavy atom. The number of hydrogen-bond donors (Lipinski definition) is 1. The maximum Gasteiger partial charge on any atom is 0.271 e. The molecule has 1 amide bonds. The highest BCUT2D eigenvalue weighted by molar-refractivity contribution is 5.91. The predicted molar refractivity (Wildman–Crippen MR) is 107 cm³/mol. The van der Waals surface area contributed by atoms with Crippen molar-refractivity contribution in [3.8, 4) is 0 Å².